The van der Waals surface area contributed by atoms with Crippen LogP contribution in [0.25, 0.3) is 0 Å². The molecule has 0 heterocycles. The summed E-state index contributed by atoms with van der Waals surface area (Å²) in [6.45, 7) is 1.77. The molecular weight excluding hydrogens is 267 g/mol. The molecule has 1 unspecified atom stereocenters. The highest BCUT2D eigenvalue weighted by atomic mass is 19.4. The van der Waals surface area contributed by atoms with Crippen molar-refractivity contribution in [1.82, 2.24) is 0 Å². The molecule has 0 aliphatic carbocycles. The molecular formula is C15H14F3NO. The van der Waals surface area contributed by atoms with Crippen LogP contribution < -0.4 is 5.32 Å². The molecule has 106 valence electrons. The molecule has 2 rings (SSSR count). The molecule has 0 spiro atoms. The lowest BCUT2D eigenvalue weighted by Gasteiger charge is -2.18. The standard InChI is InChI=1S/C15H14F3NO/c1-10(13-7-2-3-8-14(13)20)19-12-6-4-5-11(9-12)15(16,17)18/h2-10,19-20H,1H3. The van der Waals surface area contributed by atoms with Gasteiger partial charge in [0.15, 0.2) is 0 Å². The van der Waals surface area contributed by atoms with Gasteiger partial charge in [-0.25, -0.2) is 0 Å². The van der Waals surface area contributed by atoms with Crippen molar-refractivity contribution >= 4 is 5.69 Å². The highest BCUT2D eigenvalue weighted by Gasteiger charge is 2.30. The van der Waals surface area contributed by atoms with Crippen molar-refractivity contribution in [1.29, 1.82) is 0 Å². The van der Waals surface area contributed by atoms with Crippen LogP contribution >= 0.6 is 0 Å². The number of aromatic hydroxyl groups is 1. The second kappa shape index (κ2) is 5.45. The van der Waals surface area contributed by atoms with Crippen molar-refractivity contribution < 1.29 is 18.3 Å². The molecule has 20 heavy (non-hydrogen) atoms. The van der Waals surface area contributed by atoms with Gasteiger partial charge in [0.2, 0.25) is 0 Å². The maximum atomic E-state index is 12.6. The molecule has 0 fully saturated rings. The molecule has 2 aromatic rings. The molecule has 5 heteroatoms. The largest absolute Gasteiger partial charge is 0.508 e. The molecule has 0 bridgehead atoms. The number of para-hydroxylation sites is 1. The van der Waals surface area contributed by atoms with Gasteiger partial charge in [-0.15, -0.1) is 0 Å². The molecule has 2 N–H and O–H groups in total. The van der Waals surface area contributed by atoms with Crippen LogP contribution in [0.1, 0.15) is 24.1 Å². The summed E-state index contributed by atoms with van der Waals surface area (Å²) in [7, 11) is 0. The quantitative estimate of drug-likeness (QED) is 0.862. The molecule has 2 aromatic carbocycles. The van der Waals surface area contributed by atoms with Gasteiger partial charge in [0.1, 0.15) is 5.75 Å². The summed E-state index contributed by atoms with van der Waals surface area (Å²) in [6, 6.07) is 11.4. The van der Waals surface area contributed by atoms with E-state index in [0.717, 1.165) is 12.1 Å². The van der Waals surface area contributed by atoms with Gasteiger partial charge < -0.3 is 10.4 Å². The molecule has 0 aliphatic rings. The Bertz CT molecular complexity index is 596. The molecule has 1 atom stereocenters. The summed E-state index contributed by atoms with van der Waals surface area (Å²) in [4.78, 5) is 0. The molecule has 0 radical (unpaired) electrons. The Kier molecular flexibility index (Phi) is 3.88. The third-order valence-electron chi connectivity index (χ3n) is 2.98. The number of phenolic OH excluding ortho intramolecular Hbond substituents is 1. The van der Waals surface area contributed by atoms with E-state index in [0.29, 0.717) is 11.3 Å². The zero-order valence-corrected chi connectivity index (χ0v) is 10.8. The topological polar surface area (TPSA) is 32.3 Å². The van der Waals surface area contributed by atoms with Crippen LogP contribution in [0.3, 0.4) is 0 Å². The lowest BCUT2D eigenvalue weighted by Crippen LogP contribution is -2.09. The Labute approximate surface area is 114 Å². The summed E-state index contributed by atoms with van der Waals surface area (Å²) >= 11 is 0. The smallest absolute Gasteiger partial charge is 0.416 e. The third-order valence-corrected chi connectivity index (χ3v) is 2.98. The van der Waals surface area contributed by atoms with Crippen molar-refractivity contribution in [3.63, 3.8) is 0 Å². The number of nitrogens with one attached hydrogen (secondary N) is 1. The van der Waals surface area contributed by atoms with Crippen LogP contribution in [0, 0.1) is 0 Å². The SMILES string of the molecule is CC(Nc1cccc(C(F)(F)F)c1)c1ccccc1O. The molecule has 0 amide bonds. The highest BCUT2D eigenvalue weighted by Crippen LogP contribution is 2.32. The van der Waals surface area contributed by atoms with Gasteiger partial charge in [-0.2, -0.15) is 13.2 Å². The number of hydrogen-bond acceptors (Lipinski definition) is 2. The lowest BCUT2D eigenvalue weighted by molar-refractivity contribution is -0.137. The van der Waals surface area contributed by atoms with Crippen molar-refractivity contribution in [3.8, 4) is 5.75 Å². The van der Waals surface area contributed by atoms with E-state index in [9.17, 15) is 18.3 Å². The number of phenols is 1. The summed E-state index contributed by atoms with van der Waals surface area (Å²) in [5, 5.41) is 12.7. The van der Waals surface area contributed by atoms with Crippen molar-refractivity contribution in [2.45, 2.75) is 19.1 Å². The maximum Gasteiger partial charge on any atom is 0.416 e. The number of benzene rings is 2. The minimum Gasteiger partial charge on any atom is -0.508 e. The van der Waals surface area contributed by atoms with Gasteiger partial charge in [0.25, 0.3) is 0 Å². The first-order chi connectivity index (χ1) is 9.38. The van der Waals surface area contributed by atoms with E-state index < -0.39 is 11.7 Å². The molecule has 0 saturated carbocycles. The van der Waals surface area contributed by atoms with E-state index >= 15 is 0 Å². The minimum atomic E-state index is -4.37. The van der Waals surface area contributed by atoms with Crippen LogP contribution in [-0.4, -0.2) is 5.11 Å². The highest BCUT2D eigenvalue weighted by molar-refractivity contribution is 5.49. The van der Waals surface area contributed by atoms with Crippen molar-refractivity contribution in [2.75, 3.05) is 5.32 Å². The first-order valence-electron chi connectivity index (χ1n) is 6.09. The number of hydrogen-bond donors (Lipinski definition) is 2. The van der Waals surface area contributed by atoms with E-state index in [1.54, 1.807) is 37.3 Å². The number of rotatable bonds is 3. The summed E-state index contributed by atoms with van der Waals surface area (Å²) in [6.07, 6.45) is -4.37. The van der Waals surface area contributed by atoms with Crippen LogP contribution in [0.5, 0.6) is 5.75 Å². The van der Waals surface area contributed by atoms with Crippen LogP contribution in [0.15, 0.2) is 48.5 Å². The zero-order chi connectivity index (χ0) is 14.8. The molecule has 2 nitrogen and oxygen atoms in total. The summed E-state index contributed by atoms with van der Waals surface area (Å²) in [5.41, 5.74) is 0.285. The fourth-order valence-corrected chi connectivity index (χ4v) is 1.97. The van der Waals surface area contributed by atoms with E-state index in [1.807, 2.05) is 0 Å². The Morgan fingerprint density at radius 2 is 1.75 bits per heavy atom. The molecule has 0 aromatic heterocycles. The van der Waals surface area contributed by atoms with Gasteiger partial charge in [-0.05, 0) is 31.2 Å². The number of halogens is 3. The van der Waals surface area contributed by atoms with Gasteiger partial charge in [0.05, 0.1) is 11.6 Å². The monoisotopic (exact) mass is 281 g/mol. The van der Waals surface area contributed by atoms with E-state index in [2.05, 4.69) is 5.32 Å². The predicted octanol–water partition coefficient (Wildman–Crippen LogP) is 4.58. The zero-order valence-electron chi connectivity index (χ0n) is 10.8. The first-order valence-corrected chi connectivity index (χ1v) is 6.09. The van der Waals surface area contributed by atoms with Gasteiger partial charge in [0, 0.05) is 11.3 Å². The minimum absolute atomic E-state index is 0.111. The van der Waals surface area contributed by atoms with Crippen molar-refractivity contribution in [2.24, 2.45) is 0 Å². The molecule has 0 saturated heterocycles. The van der Waals surface area contributed by atoms with Gasteiger partial charge in [-0.3, -0.25) is 0 Å². The number of alkyl halides is 3. The second-order valence-corrected chi connectivity index (χ2v) is 4.50. The fraction of sp³-hybridized carbons (Fsp3) is 0.200. The normalized spacial score (nSPS) is 13.0. The van der Waals surface area contributed by atoms with Crippen LogP contribution in [0.2, 0.25) is 0 Å². The summed E-state index contributed by atoms with van der Waals surface area (Å²) < 4.78 is 37.9. The van der Waals surface area contributed by atoms with Gasteiger partial charge in [-0.1, -0.05) is 24.3 Å². The first kappa shape index (κ1) is 14.2. The van der Waals surface area contributed by atoms with Crippen molar-refractivity contribution in [3.05, 3.63) is 59.7 Å². The average Bonchev–Trinajstić information content (AvgIpc) is 2.38. The fourth-order valence-electron chi connectivity index (χ4n) is 1.97. The van der Waals surface area contributed by atoms with Crippen LogP contribution in [0.4, 0.5) is 18.9 Å². The Hall–Kier alpha value is -2.17. The van der Waals surface area contributed by atoms with Crippen LogP contribution in [-0.2, 0) is 6.18 Å². The third kappa shape index (κ3) is 3.23. The number of anilines is 1. The van der Waals surface area contributed by atoms with E-state index in [1.165, 1.54) is 6.07 Å². The Morgan fingerprint density at radius 3 is 2.40 bits per heavy atom. The maximum absolute atomic E-state index is 12.6. The summed E-state index contributed by atoms with van der Waals surface area (Å²) in [5.74, 6) is 0.111. The van der Waals surface area contributed by atoms with E-state index in [4.69, 9.17) is 0 Å². The Morgan fingerprint density at radius 1 is 1.05 bits per heavy atom. The predicted molar refractivity (Wildman–Crippen MR) is 71.6 cm³/mol. The second-order valence-electron chi connectivity index (χ2n) is 4.50. The lowest BCUT2D eigenvalue weighted by atomic mass is 10.1. The molecule has 0 aliphatic heterocycles. The average molecular weight is 281 g/mol. The van der Waals surface area contributed by atoms with Gasteiger partial charge >= 0.3 is 6.18 Å². The Balaban J connectivity index is 2.20. The van der Waals surface area contributed by atoms with E-state index in [-0.39, 0.29) is 11.8 Å².